The summed E-state index contributed by atoms with van der Waals surface area (Å²) in [5.41, 5.74) is 3.19. The van der Waals surface area contributed by atoms with Gasteiger partial charge in [-0.05, 0) is 19.8 Å². The van der Waals surface area contributed by atoms with E-state index in [9.17, 15) is 0 Å². The molecule has 0 spiro atoms. The Bertz CT molecular complexity index is 576. The zero-order valence-electron chi connectivity index (χ0n) is 11.5. The van der Waals surface area contributed by atoms with Crippen molar-refractivity contribution in [1.29, 1.82) is 0 Å². The molecule has 0 radical (unpaired) electrons. The van der Waals surface area contributed by atoms with E-state index < -0.39 is 0 Å². The normalized spacial score (nSPS) is 16.8. The second-order valence-corrected chi connectivity index (χ2v) is 4.79. The third-order valence-electron chi connectivity index (χ3n) is 3.56. The van der Waals surface area contributed by atoms with Gasteiger partial charge in [0.05, 0.1) is 17.7 Å². The molecule has 3 rings (SSSR count). The number of aromatic nitrogens is 4. The lowest BCUT2D eigenvalue weighted by atomic mass is 10.1. The van der Waals surface area contributed by atoms with E-state index >= 15 is 0 Å². The molecule has 0 unspecified atom stereocenters. The number of hydrogen-bond acceptors (Lipinski definition) is 7. The Morgan fingerprint density at radius 3 is 2.95 bits per heavy atom. The molecule has 3 heterocycles. The molecule has 0 atom stereocenters. The van der Waals surface area contributed by atoms with E-state index in [2.05, 4.69) is 30.5 Å². The molecule has 2 aromatic heterocycles. The first kappa shape index (κ1) is 13.1. The van der Waals surface area contributed by atoms with Crippen molar-refractivity contribution in [3.63, 3.8) is 0 Å². The van der Waals surface area contributed by atoms with Gasteiger partial charge in [0.25, 0.3) is 0 Å². The third-order valence-corrected chi connectivity index (χ3v) is 3.56. The number of nitrogens with zero attached hydrogens (tertiary/aromatic N) is 4. The van der Waals surface area contributed by atoms with Crippen LogP contribution >= 0.6 is 0 Å². The molecule has 1 aliphatic rings. The quantitative estimate of drug-likeness (QED) is 0.556. The van der Waals surface area contributed by atoms with Crippen molar-refractivity contribution in [2.24, 2.45) is 5.84 Å². The lowest BCUT2D eigenvalue weighted by molar-refractivity contribution is 0.0459. The van der Waals surface area contributed by atoms with Crippen LogP contribution in [0, 0.1) is 0 Å². The third kappa shape index (κ3) is 2.39. The molecule has 1 fully saturated rings. The van der Waals surface area contributed by atoms with E-state index in [0.29, 0.717) is 17.7 Å². The lowest BCUT2D eigenvalue weighted by Gasteiger charge is -2.32. The second kappa shape index (κ2) is 5.59. The van der Waals surface area contributed by atoms with E-state index in [0.717, 1.165) is 43.7 Å². The van der Waals surface area contributed by atoms with Crippen LogP contribution in [0.15, 0.2) is 6.20 Å². The van der Waals surface area contributed by atoms with E-state index in [1.165, 1.54) is 0 Å². The Morgan fingerprint density at radius 2 is 2.25 bits per heavy atom. The zero-order chi connectivity index (χ0) is 13.9. The van der Waals surface area contributed by atoms with Gasteiger partial charge in [0.15, 0.2) is 5.65 Å². The average molecular weight is 277 g/mol. The highest BCUT2D eigenvalue weighted by Crippen LogP contribution is 2.26. The first-order valence-electron chi connectivity index (χ1n) is 6.86. The molecule has 1 saturated heterocycles. The molecule has 4 N–H and O–H groups in total. The zero-order valence-corrected chi connectivity index (χ0v) is 11.5. The molecule has 0 saturated carbocycles. The largest absolute Gasteiger partial charge is 0.378 e. The number of hydrogen-bond donors (Lipinski definition) is 3. The monoisotopic (exact) mass is 277 g/mol. The van der Waals surface area contributed by atoms with Gasteiger partial charge < -0.3 is 9.64 Å². The Labute approximate surface area is 116 Å². The number of nitrogens with one attached hydrogen (secondary N) is 2. The maximum absolute atomic E-state index is 5.67. The molecular weight excluding hydrogens is 258 g/mol. The molecular formula is C12H19N7O. The van der Waals surface area contributed by atoms with Crippen molar-refractivity contribution in [2.75, 3.05) is 30.0 Å². The van der Waals surface area contributed by atoms with E-state index in [4.69, 9.17) is 10.6 Å². The van der Waals surface area contributed by atoms with Gasteiger partial charge in [-0.1, -0.05) is 0 Å². The topological polar surface area (TPSA) is 105 Å². The second-order valence-electron chi connectivity index (χ2n) is 4.79. The maximum Gasteiger partial charge on any atom is 0.241 e. The van der Waals surface area contributed by atoms with Gasteiger partial charge in [0.1, 0.15) is 5.82 Å². The minimum atomic E-state index is 0.352. The predicted molar refractivity (Wildman–Crippen MR) is 76.4 cm³/mol. The number of H-pyrrole nitrogens is 1. The molecule has 0 aliphatic carbocycles. The van der Waals surface area contributed by atoms with E-state index in [-0.39, 0.29) is 0 Å². The molecule has 20 heavy (non-hydrogen) atoms. The first-order valence-corrected chi connectivity index (χ1v) is 6.86. The van der Waals surface area contributed by atoms with Crippen LogP contribution in [0.1, 0.15) is 19.8 Å². The van der Waals surface area contributed by atoms with E-state index in [1.54, 1.807) is 6.20 Å². The number of hydrazine groups is 1. The summed E-state index contributed by atoms with van der Waals surface area (Å²) in [7, 11) is 0. The molecule has 8 nitrogen and oxygen atoms in total. The van der Waals surface area contributed by atoms with Crippen LogP contribution < -0.4 is 16.2 Å². The molecule has 1 aliphatic heterocycles. The number of rotatable bonds is 4. The van der Waals surface area contributed by atoms with Crippen molar-refractivity contribution in [1.82, 2.24) is 20.2 Å². The molecule has 0 bridgehead atoms. The molecule has 8 heteroatoms. The summed E-state index contributed by atoms with van der Waals surface area (Å²) in [4.78, 5) is 10.9. The van der Waals surface area contributed by atoms with Crippen LogP contribution in [-0.4, -0.2) is 46.0 Å². The molecule has 0 aromatic carbocycles. The van der Waals surface area contributed by atoms with Crippen molar-refractivity contribution >= 4 is 22.8 Å². The number of aromatic amines is 1. The summed E-state index contributed by atoms with van der Waals surface area (Å²) in [5.74, 6) is 6.68. The summed E-state index contributed by atoms with van der Waals surface area (Å²) in [6, 6.07) is 0. The number of nitrogens with two attached hydrogens (primary N) is 1. The smallest absolute Gasteiger partial charge is 0.241 e. The SMILES string of the molecule is CCOC1CCN(c2nc(NN)nc3[nH]ncc23)CC1. The van der Waals surface area contributed by atoms with E-state index in [1.807, 2.05) is 6.92 Å². The van der Waals surface area contributed by atoms with Gasteiger partial charge >= 0.3 is 0 Å². The average Bonchev–Trinajstić information content (AvgIpc) is 2.95. The Morgan fingerprint density at radius 1 is 1.45 bits per heavy atom. The van der Waals surface area contributed by atoms with Gasteiger partial charge in [0, 0.05) is 19.7 Å². The summed E-state index contributed by atoms with van der Waals surface area (Å²) in [6.07, 6.45) is 4.11. The number of ether oxygens (including phenoxy) is 1. The van der Waals surface area contributed by atoms with Crippen LogP contribution in [0.5, 0.6) is 0 Å². The fraction of sp³-hybridized carbons (Fsp3) is 0.583. The number of piperidine rings is 1. The van der Waals surface area contributed by atoms with Gasteiger partial charge in [-0.25, -0.2) is 5.84 Å². The van der Waals surface area contributed by atoms with Crippen LogP contribution in [0.3, 0.4) is 0 Å². The minimum absolute atomic E-state index is 0.352. The summed E-state index contributed by atoms with van der Waals surface area (Å²) in [6.45, 7) is 4.62. The van der Waals surface area contributed by atoms with Crippen molar-refractivity contribution in [3.8, 4) is 0 Å². The highest BCUT2D eigenvalue weighted by Gasteiger charge is 2.23. The van der Waals surface area contributed by atoms with Crippen LogP contribution in [-0.2, 0) is 4.74 Å². The standard InChI is InChI=1S/C12H19N7O/c1-2-20-8-3-5-19(6-4-8)11-9-7-14-18-10(9)15-12(16-11)17-13/h7-8H,2-6,13H2,1H3,(H2,14,15,16,17,18). The number of nitrogen functional groups attached to an aromatic ring is 1. The summed E-state index contributed by atoms with van der Waals surface area (Å²) >= 11 is 0. The van der Waals surface area contributed by atoms with Gasteiger partial charge in [-0.2, -0.15) is 15.1 Å². The van der Waals surface area contributed by atoms with Gasteiger partial charge in [-0.15, -0.1) is 0 Å². The minimum Gasteiger partial charge on any atom is -0.378 e. The highest BCUT2D eigenvalue weighted by molar-refractivity contribution is 5.87. The number of fused-ring (bicyclic) bond motifs is 1. The summed E-state index contributed by atoms with van der Waals surface area (Å²) < 4.78 is 5.67. The number of anilines is 2. The van der Waals surface area contributed by atoms with Gasteiger partial charge in [0.2, 0.25) is 5.95 Å². The Kier molecular flexibility index (Phi) is 3.66. The van der Waals surface area contributed by atoms with Crippen LogP contribution in [0.2, 0.25) is 0 Å². The van der Waals surface area contributed by atoms with Gasteiger partial charge in [-0.3, -0.25) is 10.5 Å². The molecule has 0 amide bonds. The fourth-order valence-corrected chi connectivity index (χ4v) is 2.60. The fourth-order valence-electron chi connectivity index (χ4n) is 2.60. The Balaban J connectivity index is 1.85. The van der Waals surface area contributed by atoms with Crippen molar-refractivity contribution in [2.45, 2.75) is 25.9 Å². The Hall–Kier alpha value is -1.93. The van der Waals surface area contributed by atoms with Crippen LogP contribution in [0.25, 0.3) is 11.0 Å². The summed E-state index contributed by atoms with van der Waals surface area (Å²) in [5, 5.41) is 7.80. The first-order chi connectivity index (χ1) is 9.81. The van der Waals surface area contributed by atoms with Crippen molar-refractivity contribution < 1.29 is 4.74 Å². The molecule has 108 valence electrons. The highest BCUT2D eigenvalue weighted by atomic mass is 16.5. The predicted octanol–water partition coefficient (Wildman–Crippen LogP) is 0.644. The van der Waals surface area contributed by atoms with Crippen LogP contribution in [0.4, 0.5) is 11.8 Å². The lowest BCUT2D eigenvalue weighted by Crippen LogP contribution is -2.37. The molecule has 2 aromatic rings. The van der Waals surface area contributed by atoms with Crippen molar-refractivity contribution in [3.05, 3.63) is 6.20 Å². The maximum atomic E-state index is 5.67.